The van der Waals surface area contributed by atoms with Crippen LogP contribution in [0.3, 0.4) is 0 Å². The third-order valence-electron chi connectivity index (χ3n) is 4.70. The Morgan fingerprint density at radius 2 is 1.41 bits per heavy atom. The molecule has 0 atom stereocenters. The van der Waals surface area contributed by atoms with Gasteiger partial charge < -0.3 is 15.2 Å². The van der Waals surface area contributed by atoms with Gasteiger partial charge in [0.05, 0.1) is 0 Å². The van der Waals surface area contributed by atoms with Crippen molar-refractivity contribution in [1.29, 1.82) is 0 Å². The van der Waals surface area contributed by atoms with E-state index in [1.165, 1.54) is 16.7 Å². The van der Waals surface area contributed by atoms with Crippen LogP contribution in [0.25, 0.3) is 11.1 Å². The molecule has 29 heavy (non-hydrogen) atoms. The molecule has 0 aliphatic heterocycles. The van der Waals surface area contributed by atoms with Crippen LogP contribution < -0.4 is 10.1 Å². The fraction of sp³-hybridized carbons (Fsp3) is 0.200. The largest absolute Gasteiger partial charge is 0.508 e. The fourth-order valence-electron chi connectivity index (χ4n) is 3.30. The number of hydrogen-bond donors (Lipinski definition) is 2. The predicted molar refractivity (Wildman–Crippen MR) is 124 cm³/mol. The van der Waals surface area contributed by atoms with E-state index >= 15 is 0 Å². The molecule has 4 heteroatoms. The van der Waals surface area contributed by atoms with Gasteiger partial charge in [-0.2, -0.15) is 0 Å². The number of rotatable bonds is 8. The van der Waals surface area contributed by atoms with Gasteiger partial charge in [-0.3, -0.25) is 0 Å². The van der Waals surface area contributed by atoms with Gasteiger partial charge in [-0.1, -0.05) is 61.5 Å². The van der Waals surface area contributed by atoms with Gasteiger partial charge in [0.25, 0.3) is 0 Å². The molecule has 0 heterocycles. The summed E-state index contributed by atoms with van der Waals surface area (Å²) < 4.78 is 5.76. The molecule has 2 N–H and O–H groups in total. The molecule has 0 aromatic heterocycles. The minimum Gasteiger partial charge on any atom is -0.508 e. The molecule has 3 aromatic rings. The summed E-state index contributed by atoms with van der Waals surface area (Å²) in [5.74, 6) is 1.14. The van der Waals surface area contributed by atoms with E-state index in [1.807, 2.05) is 37.4 Å². The Bertz CT molecular complexity index is 904. The molecule has 0 aliphatic carbocycles. The number of phenols is 1. The fourth-order valence-corrected chi connectivity index (χ4v) is 3.30. The van der Waals surface area contributed by atoms with Crippen molar-refractivity contribution in [1.82, 2.24) is 5.32 Å². The number of nitrogens with one attached hydrogen (secondary N) is 1. The van der Waals surface area contributed by atoms with E-state index in [2.05, 4.69) is 48.6 Å². The van der Waals surface area contributed by atoms with Crippen LogP contribution in [0.5, 0.6) is 11.5 Å². The van der Waals surface area contributed by atoms with Crippen molar-refractivity contribution in [2.45, 2.75) is 13.3 Å². The highest BCUT2D eigenvalue weighted by molar-refractivity contribution is 5.98. The lowest BCUT2D eigenvalue weighted by Gasteiger charge is -2.17. The normalized spacial score (nSPS) is 11.4. The zero-order chi connectivity index (χ0) is 19.8. The Balaban J connectivity index is 0.00000300. The van der Waals surface area contributed by atoms with Crippen molar-refractivity contribution >= 4 is 23.6 Å². The maximum Gasteiger partial charge on any atom is 0.119 e. The zero-order valence-electron chi connectivity index (χ0n) is 16.9. The van der Waals surface area contributed by atoms with Crippen molar-refractivity contribution in [2.75, 3.05) is 20.2 Å². The molecular weight excluding hydrogens is 382 g/mol. The van der Waals surface area contributed by atoms with Gasteiger partial charge in [-0.15, -0.1) is 12.4 Å². The van der Waals surface area contributed by atoms with Gasteiger partial charge in [-0.05, 0) is 65.6 Å². The Hall–Kier alpha value is -2.75. The van der Waals surface area contributed by atoms with Gasteiger partial charge in [0.1, 0.15) is 18.1 Å². The van der Waals surface area contributed by atoms with E-state index in [1.54, 1.807) is 12.1 Å². The summed E-state index contributed by atoms with van der Waals surface area (Å²) in [6.07, 6.45) is 0.903. The number of allylic oxidation sites excluding steroid dienone is 1. The van der Waals surface area contributed by atoms with Crippen molar-refractivity contribution < 1.29 is 9.84 Å². The van der Waals surface area contributed by atoms with Crippen molar-refractivity contribution in [3.8, 4) is 11.5 Å². The molecule has 0 fully saturated rings. The minimum absolute atomic E-state index is 0. The molecule has 3 rings (SSSR count). The highest BCUT2D eigenvalue weighted by Gasteiger charge is 2.13. The molecule has 0 unspecified atom stereocenters. The number of likely N-dealkylation sites (N-methyl/N-ethyl adjacent to an activating group) is 1. The van der Waals surface area contributed by atoms with Crippen LogP contribution in [0.15, 0.2) is 78.9 Å². The second kappa shape index (κ2) is 11.3. The second-order valence-corrected chi connectivity index (χ2v) is 6.60. The molecule has 0 bridgehead atoms. The molecule has 0 amide bonds. The summed E-state index contributed by atoms with van der Waals surface area (Å²) in [6.45, 7) is 3.63. The topological polar surface area (TPSA) is 41.5 Å². The van der Waals surface area contributed by atoms with Gasteiger partial charge in [0.2, 0.25) is 0 Å². The predicted octanol–water partition coefficient (Wildman–Crippen LogP) is 5.78. The zero-order valence-corrected chi connectivity index (χ0v) is 17.7. The number of phenolic OH excluding ortho intramolecular Hbond substituents is 1. The van der Waals surface area contributed by atoms with Crippen LogP contribution in [0.4, 0.5) is 0 Å². The molecule has 0 aliphatic rings. The van der Waals surface area contributed by atoms with Gasteiger partial charge in [0.15, 0.2) is 0 Å². The first-order valence-corrected chi connectivity index (χ1v) is 9.68. The molecule has 3 aromatic carbocycles. The van der Waals surface area contributed by atoms with Crippen LogP contribution in [-0.4, -0.2) is 25.3 Å². The standard InChI is InChI=1S/C25H27NO2.ClH/c1-3-24(19-7-5-4-6-8-19)25(20-9-13-22(27)14-10-20)21-11-15-23(16-12-21)28-18-17-26-2;/h4-16,26-27H,3,17-18H2,1-2H3;1H. The monoisotopic (exact) mass is 409 g/mol. The van der Waals surface area contributed by atoms with Crippen LogP contribution in [0.2, 0.25) is 0 Å². The van der Waals surface area contributed by atoms with E-state index in [0.717, 1.165) is 29.8 Å². The van der Waals surface area contributed by atoms with Crippen LogP contribution in [-0.2, 0) is 0 Å². The molecule has 0 saturated carbocycles. The van der Waals surface area contributed by atoms with Crippen LogP contribution in [0, 0.1) is 0 Å². The third kappa shape index (κ3) is 5.86. The highest BCUT2D eigenvalue weighted by atomic mass is 35.5. The van der Waals surface area contributed by atoms with Crippen LogP contribution in [0.1, 0.15) is 30.0 Å². The Morgan fingerprint density at radius 3 is 1.97 bits per heavy atom. The summed E-state index contributed by atoms with van der Waals surface area (Å²) in [5, 5.41) is 12.8. The molecular formula is C25H28ClNO2. The van der Waals surface area contributed by atoms with E-state index in [-0.39, 0.29) is 18.2 Å². The lowest BCUT2D eigenvalue weighted by molar-refractivity contribution is 0.318. The molecule has 3 nitrogen and oxygen atoms in total. The highest BCUT2D eigenvalue weighted by Crippen LogP contribution is 2.35. The Labute approximate surface area is 179 Å². The quantitative estimate of drug-likeness (QED) is 0.366. The van der Waals surface area contributed by atoms with Crippen molar-refractivity contribution in [3.63, 3.8) is 0 Å². The summed E-state index contributed by atoms with van der Waals surface area (Å²) in [5.41, 5.74) is 5.88. The van der Waals surface area contributed by atoms with E-state index in [4.69, 9.17) is 4.74 Å². The number of benzene rings is 3. The summed E-state index contributed by atoms with van der Waals surface area (Å²) in [4.78, 5) is 0. The number of hydrogen-bond acceptors (Lipinski definition) is 3. The first-order chi connectivity index (χ1) is 13.7. The first-order valence-electron chi connectivity index (χ1n) is 9.68. The smallest absolute Gasteiger partial charge is 0.119 e. The van der Waals surface area contributed by atoms with E-state index in [9.17, 15) is 5.11 Å². The number of halogens is 1. The van der Waals surface area contributed by atoms with E-state index < -0.39 is 0 Å². The van der Waals surface area contributed by atoms with Gasteiger partial charge in [0, 0.05) is 6.54 Å². The lowest BCUT2D eigenvalue weighted by Crippen LogP contribution is -2.15. The third-order valence-corrected chi connectivity index (χ3v) is 4.70. The number of aromatic hydroxyl groups is 1. The van der Waals surface area contributed by atoms with Gasteiger partial charge in [-0.25, -0.2) is 0 Å². The maximum absolute atomic E-state index is 9.72. The average Bonchev–Trinajstić information content (AvgIpc) is 2.74. The summed E-state index contributed by atoms with van der Waals surface area (Å²) >= 11 is 0. The summed E-state index contributed by atoms with van der Waals surface area (Å²) in [6, 6.07) is 26.1. The maximum atomic E-state index is 9.72. The molecule has 0 radical (unpaired) electrons. The van der Waals surface area contributed by atoms with E-state index in [0.29, 0.717) is 6.61 Å². The average molecular weight is 410 g/mol. The minimum atomic E-state index is 0. The van der Waals surface area contributed by atoms with Gasteiger partial charge >= 0.3 is 0 Å². The number of ether oxygens (including phenoxy) is 1. The Kier molecular flexibility index (Phi) is 8.78. The molecule has 152 valence electrons. The summed E-state index contributed by atoms with van der Waals surface area (Å²) in [7, 11) is 1.91. The first kappa shape index (κ1) is 22.5. The SMILES string of the molecule is CCC(=C(c1ccc(O)cc1)c1ccc(OCCNC)cc1)c1ccccc1.Cl. The van der Waals surface area contributed by atoms with Crippen molar-refractivity contribution in [2.24, 2.45) is 0 Å². The molecule has 0 saturated heterocycles. The van der Waals surface area contributed by atoms with Crippen molar-refractivity contribution in [3.05, 3.63) is 95.6 Å². The Morgan fingerprint density at radius 1 is 0.828 bits per heavy atom. The molecule has 0 spiro atoms. The second-order valence-electron chi connectivity index (χ2n) is 6.60. The lowest BCUT2D eigenvalue weighted by atomic mass is 9.88. The van der Waals surface area contributed by atoms with Crippen LogP contribution >= 0.6 is 12.4 Å².